The minimum Gasteiger partial charge on any atom is -0.464 e. The third kappa shape index (κ3) is 9.42. The second-order valence-electron chi connectivity index (χ2n) is 8.03. The first-order valence-electron chi connectivity index (χ1n) is 10.3. The Balaban J connectivity index is 2.13. The second-order valence-corrected chi connectivity index (χ2v) is 8.03. The normalized spacial score (nSPS) is 17.6. The van der Waals surface area contributed by atoms with Gasteiger partial charge in [-0.15, -0.1) is 0 Å². The molecule has 2 amide bonds. The Labute approximate surface area is 164 Å². The molecule has 1 saturated heterocycles. The van der Waals surface area contributed by atoms with E-state index in [0.29, 0.717) is 19.0 Å². The molecule has 2 N–H and O–H groups in total. The number of urea groups is 1. The van der Waals surface area contributed by atoms with E-state index in [9.17, 15) is 9.59 Å². The van der Waals surface area contributed by atoms with E-state index in [2.05, 4.69) is 36.3 Å². The standard InChI is InChI=1S/C20H39N3O4/c1-15(2)17(5)18(16(3)4)19(24)27-12-8-22-20(25)21-7-6-9-23-10-13-26-14-11-23/h15-18H,6-14H2,1-5H3,(H2,21,22,25). The van der Waals surface area contributed by atoms with Crippen LogP contribution in [0, 0.1) is 23.7 Å². The number of hydrogen-bond acceptors (Lipinski definition) is 5. The van der Waals surface area contributed by atoms with Gasteiger partial charge in [0, 0.05) is 19.6 Å². The van der Waals surface area contributed by atoms with E-state index in [4.69, 9.17) is 9.47 Å². The fraction of sp³-hybridized carbons (Fsp3) is 0.900. The Bertz CT molecular complexity index is 437. The zero-order valence-electron chi connectivity index (χ0n) is 17.8. The van der Waals surface area contributed by atoms with Crippen LogP contribution in [0.1, 0.15) is 41.0 Å². The van der Waals surface area contributed by atoms with E-state index in [-0.39, 0.29) is 36.4 Å². The third-order valence-corrected chi connectivity index (χ3v) is 5.28. The maximum atomic E-state index is 12.4. The van der Waals surface area contributed by atoms with Gasteiger partial charge in [-0.2, -0.15) is 0 Å². The highest BCUT2D eigenvalue weighted by atomic mass is 16.5. The topological polar surface area (TPSA) is 79.9 Å². The Morgan fingerprint density at radius 1 is 1.00 bits per heavy atom. The monoisotopic (exact) mass is 385 g/mol. The largest absolute Gasteiger partial charge is 0.464 e. The first kappa shape index (κ1) is 23.7. The molecule has 0 aliphatic carbocycles. The van der Waals surface area contributed by atoms with Gasteiger partial charge in [-0.3, -0.25) is 9.69 Å². The van der Waals surface area contributed by atoms with Crippen molar-refractivity contribution in [2.75, 3.05) is 52.5 Å². The van der Waals surface area contributed by atoms with E-state index < -0.39 is 0 Å². The minimum absolute atomic E-state index is 0.112. The average Bonchev–Trinajstić information content (AvgIpc) is 2.63. The highest BCUT2D eigenvalue weighted by Gasteiger charge is 2.31. The van der Waals surface area contributed by atoms with Gasteiger partial charge in [0.15, 0.2) is 0 Å². The van der Waals surface area contributed by atoms with E-state index in [1.807, 2.05) is 13.8 Å². The second kappa shape index (κ2) is 12.9. The number of ether oxygens (including phenoxy) is 2. The highest BCUT2D eigenvalue weighted by molar-refractivity contribution is 5.74. The van der Waals surface area contributed by atoms with E-state index in [1.165, 1.54) is 0 Å². The summed E-state index contributed by atoms with van der Waals surface area (Å²) in [4.78, 5) is 26.5. The van der Waals surface area contributed by atoms with Crippen LogP contribution in [0.3, 0.4) is 0 Å². The maximum absolute atomic E-state index is 12.4. The lowest BCUT2D eigenvalue weighted by Gasteiger charge is -2.28. The average molecular weight is 386 g/mol. The molecule has 1 rings (SSSR count). The summed E-state index contributed by atoms with van der Waals surface area (Å²) in [6.45, 7) is 16.1. The number of hydrogen-bond donors (Lipinski definition) is 2. The quantitative estimate of drug-likeness (QED) is 0.421. The Morgan fingerprint density at radius 2 is 1.63 bits per heavy atom. The molecule has 1 heterocycles. The van der Waals surface area contributed by atoms with Crippen molar-refractivity contribution >= 4 is 12.0 Å². The summed E-state index contributed by atoms with van der Waals surface area (Å²) in [7, 11) is 0. The number of nitrogens with one attached hydrogen (secondary N) is 2. The Morgan fingerprint density at radius 3 is 2.22 bits per heavy atom. The lowest BCUT2D eigenvalue weighted by Crippen LogP contribution is -2.41. The van der Waals surface area contributed by atoms with Crippen LogP contribution in [0.5, 0.6) is 0 Å². The van der Waals surface area contributed by atoms with Crippen molar-refractivity contribution in [1.82, 2.24) is 15.5 Å². The lowest BCUT2D eigenvalue weighted by molar-refractivity contribution is -0.152. The van der Waals surface area contributed by atoms with Crippen molar-refractivity contribution < 1.29 is 19.1 Å². The first-order chi connectivity index (χ1) is 12.8. The molecule has 0 spiro atoms. The van der Waals surface area contributed by atoms with E-state index in [1.54, 1.807) is 0 Å². The molecule has 0 aromatic heterocycles. The van der Waals surface area contributed by atoms with Crippen LogP contribution >= 0.6 is 0 Å². The van der Waals surface area contributed by atoms with Crippen molar-refractivity contribution in [2.45, 2.75) is 41.0 Å². The van der Waals surface area contributed by atoms with Gasteiger partial charge >= 0.3 is 12.0 Å². The molecule has 0 aromatic rings. The van der Waals surface area contributed by atoms with Gasteiger partial charge in [0.05, 0.1) is 25.7 Å². The molecule has 0 aromatic carbocycles. The summed E-state index contributed by atoms with van der Waals surface area (Å²) in [5.74, 6) is 0.641. The van der Waals surface area contributed by atoms with Crippen LogP contribution in [0.25, 0.3) is 0 Å². The van der Waals surface area contributed by atoms with Gasteiger partial charge in [-0.05, 0) is 30.7 Å². The number of morpholine rings is 1. The molecule has 1 aliphatic heterocycles. The number of carbonyl (C=O) groups is 2. The molecular weight excluding hydrogens is 346 g/mol. The van der Waals surface area contributed by atoms with Crippen LogP contribution in [0.15, 0.2) is 0 Å². The zero-order chi connectivity index (χ0) is 20.2. The van der Waals surface area contributed by atoms with E-state index >= 15 is 0 Å². The fourth-order valence-corrected chi connectivity index (χ4v) is 3.31. The van der Waals surface area contributed by atoms with Gasteiger partial charge < -0.3 is 20.1 Å². The molecule has 7 nitrogen and oxygen atoms in total. The smallest absolute Gasteiger partial charge is 0.314 e. The van der Waals surface area contributed by atoms with Crippen molar-refractivity contribution in [3.63, 3.8) is 0 Å². The molecular formula is C20H39N3O4. The van der Waals surface area contributed by atoms with Crippen LogP contribution in [-0.2, 0) is 14.3 Å². The number of rotatable bonds is 11. The summed E-state index contributed by atoms with van der Waals surface area (Å²) >= 11 is 0. The van der Waals surface area contributed by atoms with Gasteiger partial charge in [0.1, 0.15) is 6.61 Å². The molecule has 0 radical (unpaired) electrons. The molecule has 158 valence electrons. The number of esters is 1. The molecule has 0 bridgehead atoms. The van der Waals surface area contributed by atoms with Gasteiger partial charge in [-0.1, -0.05) is 34.6 Å². The SMILES string of the molecule is CC(C)C(C)C(C(=O)OCCNC(=O)NCCCN1CCOCC1)C(C)C. The Hall–Kier alpha value is -1.34. The van der Waals surface area contributed by atoms with Gasteiger partial charge in [-0.25, -0.2) is 4.79 Å². The molecule has 1 aliphatic rings. The fourth-order valence-electron chi connectivity index (χ4n) is 3.31. The number of nitrogens with zero attached hydrogens (tertiary/aromatic N) is 1. The minimum atomic E-state index is -0.219. The molecule has 2 atom stereocenters. The van der Waals surface area contributed by atoms with Crippen molar-refractivity contribution in [3.8, 4) is 0 Å². The maximum Gasteiger partial charge on any atom is 0.314 e. The summed E-state index contributed by atoms with van der Waals surface area (Å²) < 4.78 is 10.7. The van der Waals surface area contributed by atoms with Crippen LogP contribution in [-0.4, -0.2) is 69.4 Å². The highest BCUT2D eigenvalue weighted by Crippen LogP contribution is 2.28. The van der Waals surface area contributed by atoms with Gasteiger partial charge in [0.25, 0.3) is 0 Å². The van der Waals surface area contributed by atoms with Gasteiger partial charge in [0.2, 0.25) is 0 Å². The Kier molecular flexibility index (Phi) is 11.4. The van der Waals surface area contributed by atoms with E-state index in [0.717, 1.165) is 39.3 Å². The van der Waals surface area contributed by atoms with Crippen LogP contribution < -0.4 is 10.6 Å². The first-order valence-corrected chi connectivity index (χ1v) is 10.3. The molecule has 1 fully saturated rings. The number of carbonyl (C=O) groups excluding carboxylic acids is 2. The summed E-state index contributed by atoms with van der Waals surface area (Å²) in [5, 5.41) is 5.57. The van der Waals surface area contributed by atoms with Crippen molar-refractivity contribution in [2.24, 2.45) is 23.7 Å². The molecule has 7 heteroatoms. The summed E-state index contributed by atoms with van der Waals surface area (Å²) in [6.07, 6.45) is 0.908. The summed E-state index contributed by atoms with van der Waals surface area (Å²) in [5.41, 5.74) is 0. The van der Waals surface area contributed by atoms with Crippen LogP contribution in [0.2, 0.25) is 0 Å². The summed E-state index contributed by atoms with van der Waals surface area (Å²) in [6, 6.07) is -0.219. The number of amides is 2. The van der Waals surface area contributed by atoms with Crippen molar-refractivity contribution in [1.29, 1.82) is 0 Å². The molecule has 27 heavy (non-hydrogen) atoms. The van der Waals surface area contributed by atoms with Crippen LogP contribution in [0.4, 0.5) is 4.79 Å². The van der Waals surface area contributed by atoms with Crippen molar-refractivity contribution in [3.05, 3.63) is 0 Å². The molecule has 0 saturated carbocycles. The lowest BCUT2D eigenvalue weighted by atomic mass is 9.78. The molecule has 2 unspecified atom stereocenters. The predicted octanol–water partition coefficient (Wildman–Crippen LogP) is 2.12. The predicted molar refractivity (Wildman–Crippen MR) is 107 cm³/mol. The zero-order valence-corrected chi connectivity index (χ0v) is 17.8. The third-order valence-electron chi connectivity index (χ3n) is 5.28.